The molecule has 4 nitrogen and oxygen atoms in total. The monoisotopic (exact) mass is 286 g/mol. The molecule has 0 aromatic rings. The molecule has 100 valence electrons. The molecule has 6 heteroatoms. The average Bonchev–Trinajstić information content (AvgIpc) is 2.96. The van der Waals surface area contributed by atoms with E-state index in [1.165, 1.54) is 25.7 Å². The van der Waals surface area contributed by atoms with Gasteiger partial charge in [0.15, 0.2) is 14.9 Å². The van der Waals surface area contributed by atoms with E-state index in [2.05, 4.69) is 10.2 Å². The summed E-state index contributed by atoms with van der Waals surface area (Å²) in [5, 5.41) is 4.04. The highest BCUT2D eigenvalue weighted by atomic mass is 32.2. The second kappa shape index (κ2) is 3.60. The minimum absolute atomic E-state index is 0.0432. The molecule has 4 fully saturated rings. The number of fused-ring (bicyclic) bond motifs is 3. The normalized spacial score (nSPS) is 48.6. The number of hydrogen-bond donors (Lipinski definition) is 1. The predicted molar refractivity (Wildman–Crippen MR) is 73.0 cm³/mol. The summed E-state index contributed by atoms with van der Waals surface area (Å²) in [6.45, 7) is 0. The van der Waals surface area contributed by atoms with Crippen molar-refractivity contribution < 1.29 is 8.42 Å². The van der Waals surface area contributed by atoms with Crippen LogP contribution in [0.25, 0.3) is 0 Å². The molecule has 0 amide bonds. The first-order chi connectivity index (χ1) is 8.53. The van der Waals surface area contributed by atoms with Gasteiger partial charge < -0.3 is 10.2 Å². The van der Waals surface area contributed by atoms with Crippen molar-refractivity contribution in [2.75, 3.05) is 11.5 Å². The lowest BCUT2D eigenvalue weighted by Crippen LogP contribution is -2.46. The molecule has 2 heterocycles. The fourth-order valence-electron chi connectivity index (χ4n) is 4.57. The minimum Gasteiger partial charge on any atom is -0.357 e. The summed E-state index contributed by atoms with van der Waals surface area (Å²) in [5.41, 5.74) is 0. The van der Waals surface area contributed by atoms with Gasteiger partial charge in [0.05, 0.1) is 23.6 Å². The van der Waals surface area contributed by atoms with Gasteiger partial charge >= 0.3 is 0 Å². The molecule has 2 saturated carbocycles. The Morgan fingerprint density at radius 2 is 2.00 bits per heavy atom. The molecular formula is C12H18N2O2S2. The third-order valence-electron chi connectivity index (χ3n) is 5.28. The highest BCUT2D eigenvalue weighted by Gasteiger charge is 2.53. The summed E-state index contributed by atoms with van der Waals surface area (Å²) in [5.74, 6) is 2.16. The second-order valence-electron chi connectivity index (χ2n) is 6.35. The Labute approximate surface area is 113 Å². The highest BCUT2D eigenvalue weighted by Crippen LogP contribution is 2.48. The second-order valence-corrected chi connectivity index (χ2v) is 8.89. The van der Waals surface area contributed by atoms with Gasteiger partial charge in [-0.25, -0.2) is 8.42 Å². The average molecular weight is 286 g/mol. The van der Waals surface area contributed by atoms with Gasteiger partial charge in [0.1, 0.15) is 0 Å². The molecule has 0 aromatic heterocycles. The third-order valence-corrected chi connectivity index (χ3v) is 7.33. The molecule has 1 N–H and O–H groups in total. The lowest BCUT2D eigenvalue weighted by atomic mass is 9.93. The van der Waals surface area contributed by atoms with E-state index in [0.717, 1.165) is 16.9 Å². The Kier molecular flexibility index (Phi) is 2.29. The lowest BCUT2D eigenvalue weighted by Gasteiger charge is -2.35. The van der Waals surface area contributed by atoms with E-state index in [0.29, 0.717) is 11.8 Å². The van der Waals surface area contributed by atoms with Crippen LogP contribution in [0, 0.1) is 11.8 Å². The van der Waals surface area contributed by atoms with Gasteiger partial charge in [-0.3, -0.25) is 0 Å². The summed E-state index contributed by atoms with van der Waals surface area (Å²) in [7, 11) is -2.87. The standard InChI is InChI=1S/C12H18N2O2S2/c15-18(16)5-9-11(6-18)14(12(17)13-9)10-4-7-1-2-8(10)3-7/h7-11H,1-6H2,(H,13,17)/t7-,8+,9-,10-,11+/m0/s1. The number of rotatable bonds is 1. The number of nitrogens with zero attached hydrogens (tertiary/aromatic N) is 1. The number of thiocarbonyl (C=S) groups is 1. The summed E-state index contributed by atoms with van der Waals surface area (Å²) in [6, 6.07) is 0.653. The molecule has 2 saturated heterocycles. The zero-order chi connectivity index (χ0) is 12.5. The number of hydrogen-bond acceptors (Lipinski definition) is 3. The molecule has 0 aromatic carbocycles. The molecule has 2 bridgehead atoms. The van der Waals surface area contributed by atoms with Crippen LogP contribution in [0.5, 0.6) is 0 Å². The minimum atomic E-state index is -2.87. The van der Waals surface area contributed by atoms with Gasteiger partial charge in [0.25, 0.3) is 0 Å². The first-order valence-electron chi connectivity index (χ1n) is 6.83. The van der Waals surface area contributed by atoms with Crippen LogP contribution in [-0.2, 0) is 9.84 Å². The van der Waals surface area contributed by atoms with Crippen LogP contribution in [0.2, 0.25) is 0 Å². The fraction of sp³-hybridized carbons (Fsp3) is 0.917. The molecule has 5 atom stereocenters. The van der Waals surface area contributed by atoms with Crippen molar-refractivity contribution in [2.24, 2.45) is 11.8 Å². The van der Waals surface area contributed by atoms with Crippen molar-refractivity contribution in [3.63, 3.8) is 0 Å². The van der Waals surface area contributed by atoms with Crippen molar-refractivity contribution in [3.8, 4) is 0 Å². The van der Waals surface area contributed by atoms with Crippen LogP contribution >= 0.6 is 12.2 Å². The Morgan fingerprint density at radius 3 is 2.67 bits per heavy atom. The number of nitrogens with one attached hydrogen (secondary N) is 1. The summed E-state index contributed by atoms with van der Waals surface area (Å²) >= 11 is 5.44. The van der Waals surface area contributed by atoms with E-state index in [-0.39, 0.29) is 17.8 Å². The van der Waals surface area contributed by atoms with Crippen molar-refractivity contribution in [2.45, 2.75) is 43.8 Å². The van der Waals surface area contributed by atoms with Crippen LogP contribution in [-0.4, -0.2) is 48.1 Å². The van der Waals surface area contributed by atoms with E-state index < -0.39 is 9.84 Å². The third kappa shape index (κ3) is 1.54. The van der Waals surface area contributed by atoms with E-state index >= 15 is 0 Å². The molecule has 0 radical (unpaired) electrons. The molecule has 2 aliphatic heterocycles. The summed E-state index contributed by atoms with van der Waals surface area (Å²) < 4.78 is 23.5. The maximum Gasteiger partial charge on any atom is 0.169 e. The molecule has 4 aliphatic rings. The Hall–Kier alpha value is -0.360. The molecule has 18 heavy (non-hydrogen) atoms. The topological polar surface area (TPSA) is 49.4 Å². The van der Waals surface area contributed by atoms with Crippen LogP contribution < -0.4 is 5.32 Å². The SMILES string of the molecule is O=S1(=O)C[C@@H]2NC(=S)N([C@H]3C[C@H]4CC[C@@H]3C4)[C@@H]2C1. The maximum absolute atomic E-state index is 11.8. The zero-order valence-electron chi connectivity index (χ0n) is 10.2. The predicted octanol–water partition coefficient (Wildman–Crippen LogP) is 0.531. The van der Waals surface area contributed by atoms with Crippen molar-refractivity contribution in [3.05, 3.63) is 0 Å². The van der Waals surface area contributed by atoms with Gasteiger partial charge in [-0.05, 0) is 43.3 Å². The molecule has 2 aliphatic carbocycles. The van der Waals surface area contributed by atoms with Gasteiger partial charge in [-0.2, -0.15) is 0 Å². The maximum atomic E-state index is 11.8. The van der Waals surface area contributed by atoms with Gasteiger partial charge in [0.2, 0.25) is 0 Å². The van der Waals surface area contributed by atoms with Crippen molar-refractivity contribution in [1.82, 2.24) is 10.2 Å². The summed E-state index contributed by atoms with van der Waals surface area (Å²) in [6.07, 6.45) is 5.21. The van der Waals surface area contributed by atoms with Gasteiger partial charge in [0, 0.05) is 6.04 Å². The van der Waals surface area contributed by atoms with Crippen molar-refractivity contribution in [1.29, 1.82) is 0 Å². The van der Waals surface area contributed by atoms with E-state index in [9.17, 15) is 8.42 Å². The van der Waals surface area contributed by atoms with Crippen molar-refractivity contribution >= 4 is 27.2 Å². The van der Waals surface area contributed by atoms with Crippen LogP contribution in [0.1, 0.15) is 25.7 Å². The zero-order valence-corrected chi connectivity index (χ0v) is 11.8. The van der Waals surface area contributed by atoms with E-state index in [1.807, 2.05) is 0 Å². The van der Waals surface area contributed by atoms with Crippen LogP contribution in [0.3, 0.4) is 0 Å². The van der Waals surface area contributed by atoms with Gasteiger partial charge in [-0.1, -0.05) is 6.42 Å². The first-order valence-corrected chi connectivity index (χ1v) is 9.06. The molecule has 4 rings (SSSR count). The Morgan fingerprint density at radius 1 is 1.17 bits per heavy atom. The van der Waals surface area contributed by atoms with Gasteiger partial charge in [-0.15, -0.1) is 0 Å². The molecule has 0 unspecified atom stereocenters. The molecule has 0 spiro atoms. The number of sulfone groups is 1. The fourth-order valence-corrected chi connectivity index (χ4v) is 6.90. The summed E-state index contributed by atoms with van der Waals surface area (Å²) in [4.78, 5) is 2.26. The molecular weight excluding hydrogens is 268 g/mol. The Balaban J connectivity index is 1.62. The van der Waals surface area contributed by atoms with E-state index in [1.54, 1.807) is 0 Å². The van der Waals surface area contributed by atoms with Crippen LogP contribution in [0.4, 0.5) is 0 Å². The van der Waals surface area contributed by atoms with Crippen LogP contribution in [0.15, 0.2) is 0 Å². The smallest absolute Gasteiger partial charge is 0.169 e. The largest absolute Gasteiger partial charge is 0.357 e. The first kappa shape index (κ1) is 11.5. The Bertz CT molecular complexity index is 504. The quantitative estimate of drug-likeness (QED) is 0.713. The van der Waals surface area contributed by atoms with E-state index in [4.69, 9.17) is 12.2 Å². The lowest BCUT2D eigenvalue weighted by molar-refractivity contribution is 0.200. The highest BCUT2D eigenvalue weighted by molar-refractivity contribution is 7.91.